The van der Waals surface area contributed by atoms with Gasteiger partial charge >= 0.3 is 0 Å². The predicted octanol–water partition coefficient (Wildman–Crippen LogP) is 4.99. The number of aryl methyl sites for hydroxylation is 2. The van der Waals surface area contributed by atoms with Crippen LogP contribution in [0.25, 0.3) is 17.0 Å². The Hall–Kier alpha value is -4.72. The van der Waals surface area contributed by atoms with Crippen LogP contribution in [0.5, 0.6) is 0 Å². The van der Waals surface area contributed by atoms with Crippen molar-refractivity contribution in [1.29, 1.82) is 0 Å². The number of carbonyl (C=O) groups excluding carboxylic acids is 1. The third-order valence-corrected chi connectivity index (χ3v) is 5.51. The van der Waals surface area contributed by atoms with Crippen molar-refractivity contribution in [2.75, 3.05) is 16.4 Å². The molecule has 5 rings (SSSR count). The van der Waals surface area contributed by atoms with E-state index in [0.29, 0.717) is 22.9 Å². The molecule has 0 spiro atoms. The molecule has 34 heavy (non-hydrogen) atoms. The summed E-state index contributed by atoms with van der Waals surface area (Å²) in [4.78, 5) is 26.4. The van der Waals surface area contributed by atoms with Gasteiger partial charge in [-0.1, -0.05) is 18.2 Å². The van der Waals surface area contributed by atoms with Crippen molar-refractivity contribution in [3.05, 3.63) is 95.9 Å². The van der Waals surface area contributed by atoms with E-state index in [4.69, 9.17) is 10.7 Å². The number of nitrogens with two attached hydrogens (primary N) is 1. The van der Waals surface area contributed by atoms with Gasteiger partial charge in [-0.15, -0.1) is 0 Å². The number of hydrogen-bond donors (Lipinski definition) is 3. The Balaban J connectivity index is 1.37. The van der Waals surface area contributed by atoms with E-state index in [1.807, 2.05) is 66.9 Å². The molecule has 0 bridgehead atoms. The van der Waals surface area contributed by atoms with Crippen molar-refractivity contribution >= 4 is 34.6 Å². The highest BCUT2D eigenvalue weighted by Gasteiger charge is 2.16. The van der Waals surface area contributed by atoms with Gasteiger partial charge in [0, 0.05) is 23.6 Å². The molecule has 0 saturated heterocycles. The number of nitrogens with zero attached hydrogens (tertiary/aromatic N) is 4. The van der Waals surface area contributed by atoms with Crippen LogP contribution < -0.4 is 16.4 Å². The van der Waals surface area contributed by atoms with E-state index in [-0.39, 0.29) is 5.91 Å². The molecule has 0 unspecified atom stereocenters. The van der Waals surface area contributed by atoms with E-state index >= 15 is 0 Å². The molecule has 3 heterocycles. The summed E-state index contributed by atoms with van der Waals surface area (Å²) in [5, 5.41) is 6.05. The maximum atomic E-state index is 12.6. The molecule has 0 aliphatic carbocycles. The zero-order valence-corrected chi connectivity index (χ0v) is 18.8. The lowest BCUT2D eigenvalue weighted by Gasteiger charge is -2.11. The maximum Gasteiger partial charge on any atom is 0.255 e. The lowest BCUT2D eigenvalue weighted by atomic mass is 10.1. The molecule has 8 nitrogen and oxygen atoms in total. The summed E-state index contributed by atoms with van der Waals surface area (Å²) in [6.45, 7) is 3.96. The molecule has 8 heteroatoms. The third kappa shape index (κ3) is 4.04. The minimum Gasteiger partial charge on any atom is -0.397 e. The molecule has 168 valence electrons. The van der Waals surface area contributed by atoms with Gasteiger partial charge in [-0.05, 0) is 67.9 Å². The van der Waals surface area contributed by atoms with Crippen molar-refractivity contribution < 1.29 is 4.79 Å². The highest BCUT2D eigenvalue weighted by atomic mass is 16.1. The fourth-order valence-corrected chi connectivity index (χ4v) is 3.78. The molecule has 0 saturated carbocycles. The Morgan fingerprint density at radius 2 is 1.71 bits per heavy atom. The first-order valence-corrected chi connectivity index (χ1v) is 10.8. The lowest BCUT2D eigenvalue weighted by molar-refractivity contribution is 0.102. The van der Waals surface area contributed by atoms with Crippen LogP contribution in [-0.4, -0.2) is 25.3 Å². The predicted molar refractivity (Wildman–Crippen MR) is 134 cm³/mol. The third-order valence-electron chi connectivity index (χ3n) is 5.51. The van der Waals surface area contributed by atoms with Crippen LogP contribution >= 0.6 is 0 Å². The number of rotatable bonds is 5. The molecule has 0 aliphatic rings. The van der Waals surface area contributed by atoms with Crippen LogP contribution in [0, 0.1) is 13.8 Å². The van der Waals surface area contributed by atoms with Gasteiger partial charge in [-0.3, -0.25) is 9.20 Å². The molecule has 0 radical (unpaired) electrons. The maximum absolute atomic E-state index is 12.6. The largest absolute Gasteiger partial charge is 0.397 e. The quantitative estimate of drug-likeness (QED) is 0.326. The SMILES string of the molecule is Cc1cnc(Nc2ccc(C(=O)Nc3ccccc3N)cc2)nc1-c1c(C)nc2ccccn12. The normalized spacial score (nSPS) is 10.9. The summed E-state index contributed by atoms with van der Waals surface area (Å²) in [6.07, 6.45) is 3.77. The monoisotopic (exact) mass is 449 g/mol. The zero-order chi connectivity index (χ0) is 23.7. The van der Waals surface area contributed by atoms with E-state index in [1.165, 1.54) is 0 Å². The molecule has 5 aromatic rings. The van der Waals surface area contributed by atoms with Gasteiger partial charge in [0.15, 0.2) is 0 Å². The number of para-hydroxylation sites is 2. The number of nitrogen functional groups attached to an aromatic ring is 1. The summed E-state index contributed by atoms with van der Waals surface area (Å²) in [5.74, 6) is 0.224. The number of amides is 1. The fraction of sp³-hybridized carbons (Fsp3) is 0.0769. The average molecular weight is 450 g/mol. The Morgan fingerprint density at radius 1 is 0.941 bits per heavy atom. The molecule has 0 aliphatic heterocycles. The number of aromatic nitrogens is 4. The number of hydrogen-bond acceptors (Lipinski definition) is 6. The zero-order valence-electron chi connectivity index (χ0n) is 18.8. The van der Waals surface area contributed by atoms with Crippen LogP contribution in [0.3, 0.4) is 0 Å². The number of imidazole rings is 1. The van der Waals surface area contributed by atoms with Crippen molar-refractivity contribution in [3.8, 4) is 11.4 Å². The standard InChI is InChI=1S/C26H23N7O/c1-16-15-28-26(32-23(16)24-17(2)29-22-9-5-6-14-33(22)24)30-19-12-10-18(11-13-19)25(34)31-21-8-4-3-7-20(21)27/h3-15H,27H2,1-2H3,(H,31,34)(H,28,30,32). The lowest BCUT2D eigenvalue weighted by Crippen LogP contribution is -2.13. The van der Waals surface area contributed by atoms with E-state index in [1.54, 1.807) is 30.5 Å². The summed E-state index contributed by atoms with van der Waals surface area (Å²) in [7, 11) is 0. The number of anilines is 4. The van der Waals surface area contributed by atoms with Crippen LogP contribution in [0.15, 0.2) is 79.1 Å². The molecule has 2 aromatic carbocycles. The van der Waals surface area contributed by atoms with Crippen molar-refractivity contribution in [1.82, 2.24) is 19.4 Å². The van der Waals surface area contributed by atoms with Crippen molar-refractivity contribution in [2.24, 2.45) is 0 Å². The summed E-state index contributed by atoms with van der Waals surface area (Å²) >= 11 is 0. The first-order chi connectivity index (χ1) is 16.5. The summed E-state index contributed by atoms with van der Waals surface area (Å²) in [6, 6.07) is 20.1. The van der Waals surface area contributed by atoms with Crippen LogP contribution in [0.2, 0.25) is 0 Å². The van der Waals surface area contributed by atoms with E-state index in [0.717, 1.165) is 34.0 Å². The second-order valence-electron chi connectivity index (χ2n) is 7.94. The second kappa shape index (κ2) is 8.67. The fourth-order valence-electron chi connectivity index (χ4n) is 3.78. The average Bonchev–Trinajstić information content (AvgIpc) is 3.18. The first kappa shape index (κ1) is 21.1. The van der Waals surface area contributed by atoms with Gasteiger partial charge in [0.1, 0.15) is 5.65 Å². The van der Waals surface area contributed by atoms with Crippen LogP contribution in [-0.2, 0) is 0 Å². The summed E-state index contributed by atoms with van der Waals surface area (Å²) < 4.78 is 2.03. The topological polar surface area (TPSA) is 110 Å². The van der Waals surface area contributed by atoms with Gasteiger partial charge < -0.3 is 16.4 Å². The van der Waals surface area contributed by atoms with Gasteiger partial charge in [0.25, 0.3) is 5.91 Å². The number of pyridine rings is 1. The Bertz CT molecular complexity index is 1510. The number of fused-ring (bicyclic) bond motifs is 1. The molecular weight excluding hydrogens is 426 g/mol. The molecule has 0 fully saturated rings. The number of nitrogens with one attached hydrogen (secondary N) is 2. The molecule has 3 aromatic heterocycles. The Morgan fingerprint density at radius 3 is 2.50 bits per heavy atom. The van der Waals surface area contributed by atoms with Crippen LogP contribution in [0.4, 0.5) is 23.0 Å². The number of carbonyl (C=O) groups is 1. The molecule has 4 N–H and O–H groups in total. The van der Waals surface area contributed by atoms with Gasteiger partial charge in [-0.2, -0.15) is 0 Å². The molecule has 1 amide bonds. The van der Waals surface area contributed by atoms with E-state index in [2.05, 4.69) is 20.6 Å². The van der Waals surface area contributed by atoms with Gasteiger partial charge in [0.2, 0.25) is 5.95 Å². The van der Waals surface area contributed by atoms with Crippen molar-refractivity contribution in [3.63, 3.8) is 0 Å². The van der Waals surface area contributed by atoms with Crippen molar-refractivity contribution in [2.45, 2.75) is 13.8 Å². The first-order valence-electron chi connectivity index (χ1n) is 10.8. The van der Waals surface area contributed by atoms with Gasteiger partial charge in [-0.25, -0.2) is 15.0 Å². The molecular formula is C26H23N7O. The second-order valence-corrected chi connectivity index (χ2v) is 7.94. The molecule has 0 atom stereocenters. The highest BCUT2D eigenvalue weighted by molar-refractivity contribution is 6.05. The Labute approximate surface area is 196 Å². The number of benzene rings is 2. The summed E-state index contributed by atoms with van der Waals surface area (Å²) in [5.41, 5.74) is 12.7. The Kier molecular flexibility index (Phi) is 5.39. The van der Waals surface area contributed by atoms with Crippen LogP contribution in [0.1, 0.15) is 21.6 Å². The van der Waals surface area contributed by atoms with Gasteiger partial charge in [0.05, 0.1) is 28.5 Å². The van der Waals surface area contributed by atoms with E-state index < -0.39 is 0 Å². The minimum atomic E-state index is -0.235. The van der Waals surface area contributed by atoms with E-state index in [9.17, 15) is 4.79 Å². The smallest absolute Gasteiger partial charge is 0.255 e. The highest BCUT2D eigenvalue weighted by Crippen LogP contribution is 2.27. The minimum absolute atomic E-state index is 0.235.